The number of aromatic amines is 1. The molecule has 4 aromatic rings. The Bertz CT molecular complexity index is 2480. The third-order valence-corrected chi connectivity index (χ3v) is 11.1. The smallest absolute Gasteiger partial charge is 0.465 e. The number of nitrogens with zero attached hydrogens (tertiary/aromatic N) is 7. The lowest BCUT2D eigenvalue weighted by molar-refractivity contribution is -0.0629. The summed E-state index contributed by atoms with van der Waals surface area (Å²) in [5.41, 5.74) is 10.5. The summed E-state index contributed by atoms with van der Waals surface area (Å²) in [6, 6.07) is 0. The van der Waals surface area contributed by atoms with Crippen LogP contribution in [0.1, 0.15) is 40.2 Å². The van der Waals surface area contributed by atoms with Crippen molar-refractivity contribution in [2.24, 2.45) is 0 Å². The predicted molar refractivity (Wildman–Crippen MR) is 195 cm³/mol. The largest absolute Gasteiger partial charge is 0.533 e. The van der Waals surface area contributed by atoms with Gasteiger partial charge in [-0.05, 0) is 27.7 Å². The highest BCUT2D eigenvalue weighted by molar-refractivity contribution is 7.48. The van der Waals surface area contributed by atoms with Gasteiger partial charge in [0.05, 0.1) is 25.1 Å². The molecule has 3 aliphatic rings. The van der Waals surface area contributed by atoms with Crippen molar-refractivity contribution in [1.29, 1.82) is 0 Å². The zero-order valence-corrected chi connectivity index (χ0v) is 33.9. The van der Waals surface area contributed by atoms with Crippen molar-refractivity contribution in [3.05, 3.63) is 40.9 Å². The number of anilines is 2. The number of alkyl halides is 1. The van der Waals surface area contributed by atoms with Crippen LogP contribution in [0.2, 0.25) is 0 Å². The highest BCUT2D eigenvalue weighted by Gasteiger charge is 2.53. The van der Waals surface area contributed by atoms with Gasteiger partial charge < -0.3 is 49.5 Å². The first-order valence-electron chi connectivity index (χ1n) is 17.8. The number of carbonyl (C=O) groups excluding carboxylic acids is 2. The van der Waals surface area contributed by atoms with E-state index in [1.54, 1.807) is 0 Å². The number of imidazole rings is 2. The van der Waals surface area contributed by atoms with Crippen molar-refractivity contribution in [1.82, 2.24) is 39.0 Å². The van der Waals surface area contributed by atoms with Crippen LogP contribution < -0.4 is 17.0 Å². The zero-order valence-electron chi connectivity index (χ0n) is 32.1. The maximum atomic E-state index is 16.7. The van der Waals surface area contributed by atoms with Crippen molar-refractivity contribution in [3.8, 4) is 0 Å². The van der Waals surface area contributed by atoms with Gasteiger partial charge in [0.25, 0.3) is 5.56 Å². The Balaban J connectivity index is 1.27. The standard InChI is InChI=1S/C30H37FN10O18P2/c1-12(2)54-29(44)48-10-52-60(46)50-5-14-19(42)21(27(56-14)41-9-37-18-24(41)38-28(33)39-25(18)43)59-61(47,53-11-49-30(45)55-13(3)4)51-6-15-20(58-60)16(31)26(57-15)40-8-36-17-22(32)34-7-35-23(17)40/h7-9,12-14,16,19,21,26-27,42H,5-6,10-11H2,1-4H3,(H2,32,34,35)(H3,33,38,39,43). The molecule has 2 bridgehead atoms. The van der Waals surface area contributed by atoms with Gasteiger partial charge in [-0.15, -0.1) is 0 Å². The predicted octanol–water partition coefficient (Wildman–Crippen LogP) is 2.20. The molecular formula is C30H37FN10O18P2. The number of phosphoric ester groups is 2. The molecule has 0 aliphatic carbocycles. The minimum Gasteiger partial charge on any atom is -0.465 e. The molecule has 0 amide bonds. The SMILES string of the molecule is CC(C)OC(=O)OCOP1(=O)OCC2OC(n3cnc4c(=O)[nH]c(N)nc43)C(OP(=O)(OCOC(=O)OC(C)C)OCC3=C(O1)C(F)C(n1cnc4c(N)ncnc41)O3)C2O. The van der Waals surface area contributed by atoms with E-state index in [9.17, 15) is 28.6 Å². The normalized spacial score (nSPS) is 28.1. The molecule has 4 aromatic heterocycles. The summed E-state index contributed by atoms with van der Waals surface area (Å²) < 4.78 is 112. The second kappa shape index (κ2) is 17.5. The quantitative estimate of drug-likeness (QED) is 0.101. The van der Waals surface area contributed by atoms with Crippen LogP contribution in [-0.4, -0.2) is 120 Å². The summed E-state index contributed by atoms with van der Waals surface area (Å²) in [6.07, 6.45) is -11.8. The van der Waals surface area contributed by atoms with Crippen molar-refractivity contribution in [2.75, 3.05) is 38.3 Å². The summed E-state index contributed by atoms with van der Waals surface area (Å²) in [7, 11) is -10.5. The van der Waals surface area contributed by atoms with Gasteiger partial charge in [0.2, 0.25) is 31.9 Å². The number of nitrogens with one attached hydrogen (secondary N) is 1. The topological polar surface area (TPSA) is 358 Å². The van der Waals surface area contributed by atoms with E-state index < -0.39 is 121 Å². The Morgan fingerprint density at radius 2 is 1.57 bits per heavy atom. The van der Waals surface area contributed by atoms with E-state index in [4.69, 9.17) is 67.0 Å². The Labute approximate surface area is 340 Å². The average molecular weight is 907 g/mol. The van der Waals surface area contributed by atoms with Crippen LogP contribution in [0.25, 0.3) is 22.3 Å². The van der Waals surface area contributed by atoms with E-state index in [2.05, 4.69) is 29.9 Å². The third kappa shape index (κ3) is 9.38. The fourth-order valence-corrected chi connectivity index (χ4v) is 8.14. The van der Waals surface area contributed by atoms with E-state index in [1.165, 1.54) is 27.7 Å². The van der Waals surface area contributed by atoms with E-state index in [0.717, 1.165) is 28.1 Å². The molecule has 7 heterocycles. The highest BCUT2D eigenvalue weighted by atomic mass is 31.2. The molecule has 61 heavy (non-hydrogen) atoms. The van der Waals surface area contributed by atoms with Crippen LogP contribution in [0.5, 0.6) is 0 Å². The Morgan fingerprint density at radius 1 is 0.934 bits per heavy atom. The lowest BCUT2D eigenvalue weighted by Crippen LogP contribution is -2.35. The number of halogens is 1. The third-order valence-electron chi connectivity index (χ3n) is 8.39. The number of phosphoric acid groups is 2. The van der Waals surface area contributed by atoms with Crippen LogP contribution >= 0.6 is 15.6 Å². The summed E-state index contributed by atoms with van der Waals surface area (Å²) in [5, 5.41) is 11.6. The minimum atomic E-state index is -5.23. The number of H-pyrrole nitrogens is 1. The molecule has 0 radical (unpaired) electrons. The fraction of sp³-hybridized carbons (Fsp3) is 0.533. The minimum absolute atomic E-state index is 0.0226. The van der Waals surface area contributed by atoms with Gasteiger partial charge in [-0.2, -0.15) is 4.98 Å². The number of nitrogens with two attached hydrogens (primary N) is 2. The molecule has 1 fully saturated rings. The maximum Gasteiger partial charge on any atom is 0.533 e. The van der Waals surface area contributed by atoms with Gasteiger partial charge in [-0.25, -0.2) is 52.1 Å². The monoisotopic (exact) mass is 906 g/mol. The van der Waals surface area contributed by atoms with E-state index in [1.807, 2.05) is 0 Å². The molecule has 0 spiro atoms. The molecule has 31 heteroatoms. The van der Waals surface area contributed by atoms with Crippen molar-refractivity contribution >= 4 is 62.1 Å². The van der Waals surface area contributed by atoms with Gasteiger partial charge in [0.1, 0.15) is 43.1 Å². The number of ether oxygens (including phenoxy) is 6. The molecule has 7 rings (SSSR count). The van der Waals surface area contributed by atoms with E-state index in [-0.39, 0.29) is 34.1 Å². The first kappa shape index (κ1) is 43.6. The molecule has 0 aromatic carbocycles. The number of rotatable bonds is 10. The Hall–Kier alpha value is -5.51. The van der Waals surface area contributed by atoms with Gasteiger partial charge >= 0.3 is 28.0 Å². The second-order valence-electron chi connectivity index (χ2n) is 13.4. The van der Waals surface area contributed by atoms with Crippen LogP contribution in [0.3, 0.4) is 0 Å². The summed E-state index contributed by atoms with van der Waals surface area (Å²) in [6.45, 7) is 1.73. The molecule has 0 saturated carbocycles. The number of aliphatic hydroxyl groups is 1. The molecule has 8 atom stereocenters. The molecule has 1 saturated heterocycles. The number of hydrogen-bond acceptors (Lipinski definition) is 25. The summed E-state index contributed by atoms with van der Waals surface area (Å²) in [4.78, 5) is 59.3. The van der Waals surface area contributed by atoms with Gasteiger partial charge in [0.15, 0.2) is 40.4 Å². The molecule has 3 aliphatic heterocycles. The Kier molecular flexibility index (Phi) is 12.5. The van der Waals surface area contributed by atoms with E-state index >= 15 is 4.39 Å². The van der Waals surface area contributed by atoms with Crippen LogP contribution in [0.15, 0.2) is 35.3 Å². The number of aliphatic hydroxyl groups excluding tert-OH is 1. The number of nitrogen functional groups attached to an aromatic ring is 2. The summed E-state index contributed by atoms with van der Waals surface area (Å²) in [5.74, 6) is -2.02. The van der Waals surface area contributed by atoms with Crippen LogP contribution in [0, 0.1) is 0 Å². The Morgan fingerprint density at radius 3 is 2.25 bits per heavy atom. The number of fused-ring (bicyclic) bond motifs is 4. The zero-order chi connectivity index (χ0) is 43.8. The second-order valence-corrected chi connectivity index (χ2v) is 16.6. The number of hydrogen-bond donors (Lipinski definition) is 4. The lowest BCUT2D eigenvalue weighted by Gasteiger charge is -2.26. The van der Waals surface area contributed by atoms with Crippen molar-refractivity contribution < 1.29 is 83.8 Å². The number of aromatic nitrogens is 8. The van der Waals surface area contributed by atoms with Crippen LogP contribution in [0.4, 0.5) is 25.7 Å². The van der Waals surface area contributed by atoms with Crippen molar-refractivity contribution in [2.45, 2.75) is 76.8 Å². The fourth-order valence-electron chi connectivity index (χ4n) is 5.82. The van der Waals surface area contributed by atoms with Gasteiger partial charge in [0, 0.05) is 0 Å². The molecule has 6 N–H and O–H groups in total. The number of carbonyl (C=O) groups is 2. The van der Waals surface area contributed by atoms with Gasteiger partial charge in [-0.3, -0.25) is 32.5 Å². The molecule has 332 valence electrons. The van der Waals surface area contributed by atoms with Gasteiger partial charge in [-0.1, -0.05) is 0 Å². The molecule has 28 nitrogen and oxygen atoms in total. The molecular weight excluding hydrogens is 869 g/mol. The highest BCUT2D eigenvalue weighted by Crippen LogP contribution is 2.58. The average Bonchev–Trinajstić information content (AvgIpc) is 3.94. The van der Waals surface area contributed by atoms with Crippen molar-refractivity contribution in [3.63, 3.8) is 0 Å². The van der Waals surface area contributed by atoms with Crippen LogP contribution in [-0.2, 0) is 64.7 Å². The first-order valence-corrected chi connectivity index (χ1v) is 20.7. The first-order chi connectivity index (χ1) is 28.9. The summed E-state index contributed by atoms with van der Waals surface area (Å²) >= 11 is 0. The van der Waals surface area contributed by atoms with E-state index in [0.29, 0.717) is 0 Å². The molecule has 8 unspecified atom stereocenters. The maximum absolute atomic E-state index is 16.7. The lowest BCUT2D eigenvalue weighted by atomic mass is 10.1.